The van der Waals surface area contributed by atoms with Crippen molar-refractivity contribution < 1.29 is 9.59 Å². The zero-order valence-electron chi connectivity index (χ0n) is 7.52. The molecule has 0 heterocycles. The van der Waals surface area contributed by atoms with Gasteiger partial charge in [0.25, 0.3) is 0 Å². The number of carbonyl (C=O) groups is 2. The fourth-order valence-electron chi connectivity index (χ4n) is 0.177. The largest absolute Gasteiger partial charge is 0.359 e. The van der Waals surface area contributed by atoms with Crippen molar-refractivity contribution in [2.24, 2.45) is 0 Å². The number of amides is 2. The van der Waals surface area contributed by atoms with E-state index in [4.69, 9.17) is 0 Å². The third-order valence-corrected chi connectivity index (χ3v) is 0.952. The Morgan fingerprint density at radius 2 is 1.38 bits per heavy atom. The van der Waals surface area contributed by atoms with Gasteiger partial charge in [-0.1, -0.05) is 21.8 Å². The van der Waals surface area contributed by atoms with E-state index in [1.54, 1.807) is 14.1 Å². The molecule has 0 saturated heterocycles. The predicted octanol–water partition coefficient (Wildman–Crippen LogP) is 1.17. The molecule has 0 aliphatic rings. The van der Waals surface area contributed by atoms with E-state index in [1.165, 1.54) is 6.92 Å². The van der Waals surface area contributed by atoms with Crippen LogP contribution in [0.3, 0.4) is 0 Å². The van der Waals surface area contributed by atoms with E-state index in [2.05, 4.69) is 10.6 Å². The van der Waals surface area contributed by atoms with Gasteiger partial charge in [0.05, 0.1) is 0 Å². The monoisotopic (exact) mass is 192 g/mol. The summed E-state index contributed by atoms with van der Waals surface area (Å²) in [4.78, 5) is 19.8. The molecule has 0 atom stereocenters. The van der Waals surface area contributed by atoms with Crippen LogP contribution in [-0.4, -0.2) is 25.9 Å². The summed E-state index contributed by atoms with van der Waals surface area (Å²) in [5.74, 6) is 0.0972. The predicted molar refractivity (Wildman–Crippen MR) is 57.6 cm³/mol. The van der Waals surface area contributed by atoms with Crippen molar-refractivity contribution in [2.45, 2.75) is 35.1 Å². The summed E-state index contributed by atoms with van der Waals surface area (Å²) in [6, 6.07) is 0. The summed E-state index contributed by atoms with van der Waals surface area (Å²) in [5, 5.41) is 4.86. The second kappa shape index (κ2) is 17.1. The van der Waals surface area contributed by atoms with Crippen molar-refractivity contribution in [3.8, 4) is 0 Å². The van der Waals surface area contributed by atoms with E-state index in [0.29, 0.717) is 6.42 Å². The third kappa shape index (κ3) is 35.8. The Kier molecular flexibility index (Phi) is 29.9. The molecule has 4 nitrogen and oxygen atoms in total. The Balaban J connectivity index is -0.0000000546. The van der Waals surface area contributed by atoms with Crippen LogP contribution in [0.25, 0.3) is 0 Å². The van der Waals surface area contributed by atoms with Crippen LogP contribution in [0, 0.1) is 0 Å². The van der Waals surface area contributed by atoms with Crippen LogP contribution >= 0.6 is 0 Å². The summed E-state index contributed by atoms with van der Waals surface area (Å²) in [6.45, 7) is 3.29. The van der Waals surface area contributed by atoms with Gasteiger partial charge < -0.3 is 10.6 Å². The standard InChI is InChI=1S/C4H9NO.C3H7NO.2CH4/c1-3-4(6)5-2;1-3(5)4-2;;/h3H2,1-2H3,(H,5,6);1-2H3,(H,4,5);2*1H4. The van der Waals surface area contributed by atoms with Crippen molar-refractivity contribution in [1.29, 1.82) is 0 Å². The minimum absolute atomic E-state index is 0. The van der Waals surface area contributed by atoms with Gasteiger partial charge in [0.2, 0.25) is 11.8 Å². The molecule has 0 spiro atoms. The minimum Gasteiger partial charge on any atom is -0.359 e. The molecule has 0 radical (unpaired) electrons. The van der Waals surface area contributed by atoms with Gasteiger partial charge in [-0.05, 0) is 0 Å². The first-order chi connectivity index (χ1) is 5.08. The molecular weight excluding hydrogens is 168 g/mol. The summed E-state index contributed by atoms with van der Waals surface area (Å²) >= 11 is 0. The zero-order valence-corrected chi connectivity index (χ0v) is 7.52. The second-order valence-electron chi connectivity index (χ2n) is 1.83. The topological polar surface area (TPSA) is 58.2 Å². The molecule has 0 unspecified atom stereocenters. The Bertz CT molecular complexity index is 119. The van der Waals surface area contributed by atoms with Gasteiger partial charge in [-0.15, -0.1) is 0 Å². The molecule has 0 fully saturated rings. The van der Waals surface area contributed by atoms with Gasteiger partial charge in [0.15, 0.2) is 0 Å². The van der Waals surface area contributed by atoms with Gasteiger partial charge in [0, 0.05) is 27.4 Å². The molecular formula is C9H24N2O2. The summed E-state index contributed by atoms with van der Waals surface area (Å²) in [5.41, 5.74) is 0. The van der Waals surface area contributed by atoms with Crippen molar-refractivity contribution in [3.63, 3.8) is 0 Å². The minimum atomic E-state index is 0. The van der Waals surface area contributed by atoms with E-state index in [1.807, 2.05) is 6.92 Å². The molecule has 2 N–H and O–H groups in total. The first kappa shape index (κ1) is 22.7. The third-order valence-electron chi connectivity index (χ3n) is 0.952. The molecule has 0 aliphatic carbocycles. The molecule has 0 aromatic carbocycles. The first-order valence-electron chi connectivity index (χ1n) is 3.47. The second-order valence-corrected chi connectivity index (χ2v) is 1.83. The Morgan fingerprint density at radius 1 is 1.08 bits per heavy atom. The number of hydrogen-bond donors (Lipinski definition) is 2. The van der Waals surface area contributed by atoms with Gasteiger partial charge in [0.1, 0.15) is 0 Å². The van der Waals surface area contributed by atoms with Crippen molar-refractivity contribution in [1.82, 2.24) is 10.6 Å². The summed E-state index contributed by atoms with van der Waals surface area (Å²) in [7, 11) is 3.23. The molecule has 13 heavy (non-hydrogen) atoms. The Morgan fingerprint density at radius 3 is 1.38 bits per heavy atom. The Labute approximate surface area is 82.1 Å². The van der Waals surface area contributed by atoms with Crippen LogP contribution in [-0.2, 0) is 9.59 Å². The van der Waals surface area contributed by atoms with Crippen LogP contribution in [0.5, 0.6) is 0 Å². The van der Waals surface area contributed by atoms with Crippen LogP contribution in [0.4, 0.5) is 0 Å². The van der Waals surface area contributed by atoms with Gasteiger partial charge in [-0.3, -0.25) is 9.59 Å². The SMILES string of the molecule is C.C.CCC(=O)NC.CNC(C)=O. The fourth-order valence-corrected chi connectivity index (χ4v) is 0.177. The van der Waals surface area contributed by atoms with Crippen LogP contribution in [0.2, 0.25) is 0 Å². The number of rotatable bonds is 1. The molecule has 4 heteroatoms. The van der Waals surface area contributed by atoms with Gasteiger partial charge in [-0.25, -0.2) is 0 Å². The lowest BCUT2D eigenvalue weighted by Gasteiger charge is -1.87. The lowest BCUT2D eigenvalue weighted by atomic mass is 10.5. The lowest BCUT2D eigenvalue weighted by molar-refractivity contribution is -0.120. The average Bonchev–Trinajstić information content (AvgIpc) is 2.04. The quantitative estimate of drug-likeness (QED) is 0.655. The fraction of sp³-hybridized carbons (Fsp3) is 0.778. The molecule has 0 rings (SSSR count). The highest BCUT2D eigenvalue weighted by Crippen LogP contribution is 1.68. The van der Waals surface area contributed by atoms with E-state index in [0.717, 1.165) is 0 Å². The molecule has 0 aromatic rings. The van der Waals surface area contributed by atoms with E-state index in [9.17, 15) is 9.59 Å². The van der Waals surface area contributed by atoms with Crippen LogP contribution in [0.1, 0.15) is 35.1 Å². The highest BCUT2D eigenvalue weighted by molar-refractivity contribution is 5.75. The zero-order chi connectivity index (χ0) is 9.28. The van der Waals surface area contributed by atoms with Crippen LogP contribution in [0.15, 0.2) is 0 Å². The van der Waals surface area contributed by atoms with E-state index in [-0.39, 0.29) is 26.7 Å². The Hall–Kier alpha value is -1.06. The number of carbonyl (C=O) groups excluding carboxylic acids is 2. The normalized spacial score (nSPS) is 6.15. The first-order valence-corrected chi connectivity index (χ1v) is 3.47. The molecule has 0 aliphatic heterocycles. The lowest BCUT2D eigenvalue weighted by Crippen LogP contribution is -2.15. The molecule has 2 amide bonds. The van der Waals surface area contributed by atoms with Crippen molar-refractivity contribution in [2.75, 3.05) is 14.1 Å². The van der Waals surface area contributed by atoms with E-state index < -0.39 is 0 Å². The smallest absolute Gasteiger partial charge is 0.219 e. The summed E-state index contributed by atoms with van der Waals surface area (Å²) in [6.07, 6.45) is 0.580. The van der Waals surface area contributed by atoms with E-state index >= 15 is 0 Å². The van der Waals surface area contributed by atoms with Gasteiger partial charge >= 0.3 is 0 Å². The maximum Gasteiger partial charge on any atom is 0.219 e. The molecule has 0 saturated carbocycles. The maximum atomic E-state index is 10.1. The number of hydrogen-bond acceptors (Lipinski definition) is 2. The van der Waals surface area contributed by atoms with Crippen molar-refractivity contribution >= 4 is 11.8 Å². The highest BCUT2D eigenvalue weighted by atomic mass is 16.2. The highest BCUT2D eigenvalue weighted by Gasteiger charge is 1.84. The molecule has 82 valence electrons. The summed E-state index contributed by atoms with van der Waals surface area (Å²) < 4.78 is 0. The number of nitrogens with one attached hydrogen (secondary N) is 2. The van der Waals surface area contributed by atoms with Crippen molar-refractivity contribution in [3.05, 3.63) is 0 Å². The average molecular weight is 192 g/mol. The molecule has 0 aromatic heterocycles. The maximum absolute atomic E-state index is 10.1. The van der Waals surface area contributed by atoms with Gasteiger partial charge in [-0.2, -0.15) is 0 Å². The van der Waals surface area contributed by atoms with Crippen LogP contribution < -0.4 is 10.6 Å². The molecule has 0 bridgehead atoms.